The van der Waals surface area contributed by atoms with Crippen LogP contribution in [0.5, 0.6) is 0 Å². The summed E-state index contributed by atoms with van der Waals surface area (Å²) in [6.07, 6.45) is 0. The van der Waals surface area contributed by atoms with Gasteiger partial charge in [0, 0.05) is 29.3 Å². The highest BCUT2D eigenvalue weighted by Crippen LogP contribution is 2.42. The number of amides is 2. The molecular weight excluding hydrogens is 790 g/mol. The number of nitrogens with one attached hydrogen (secondary N) is 2. The summed E-state index contributed by atoms with van der Waals surface area (Å²) >= 11 is 16.0. The van der Waals surface area contributed by atoms with E-state index in [1.54, 1.807) is 18.2 Å². The van der Waals surface area contributed by atoms with Crippen molar-refractivity contribution in [1.82, 2.24) is 4.98 Å². The van der Waals surface area contributed by atoms with Crippen LogP contribution in [0, 0.1) is 13.8 Å². The Balaban J connectivity index is 1.49. The molecule has 196 valence electrons. The molecule has 0 saturated carbocycles. The lowest BCUT2D eigenvalue weighted by atomic mass is 10.1. The maximum atomic E-state index is 13.2. The average molecular weight is 807 g/mol. The highest BCUT2D eigenvalue weighted by atomic mass is 79.9. The Labute approximate surface area is 259 Å². The first kappa shape index (κ1) is 29.2. The van der Waals surface area contributed by atoms with Gasteiger partial charge in [0.1, 0.15) is 0 Å². The number of aryl methyl sites for hydroxylation is 2. The predicted octanol–water partition coefficient (Wildman–Crippen LogP) is 8.64. The first-order chi connectivity index (χ1) is 17.9. The number of halogens is 4. The molecule has 38 heavy (non-hydrogen) atoms. The van der Waals surface area contributed by atoms with E-state index in [-0.39, 0.29) is 27.3 Å². The third-order valence-corrected chi connectivity index (χ3v) is 12.1. The molecule has 0 bridgehead atoms. The van der Waals surface area contributed by atoms with Crippen molar-refractivity contribution in [2.24, 2.45) is 0 Å². The molecule has 4 rings (SSSR count). The van der Waals surface area contributed by atoms with Crippen molar-refractivity contribution < 1.29 is 19.5 Å². The van der Waals surface area contributed by atoms with Gasteiger partial charge in [0.25, 0.3) is 5.91 Å². The molecule has 0 fully saturated rings. The zero-order valence-corrected chi connectivity index (χ0v) is 27.6. The number of benzene rings is 3. The van der Waals surface area contributed by atoms with Crippen LogP contribution < -0.4 is 10.6 Å². The average Bonchev–Trinajstić information content (AvgIpc) is 3.24. The van der Waals surface area contributed by atoms with E-state index in [0.29, 0.717) is 19.1 Å². The Morgan fingerprint density at radius 3 is 2.13 bits per heavy atom. The standard InChI is InChI=1S/C25H17Br4N3O4S2/c1-10-5-11(2)7-13(6-10)30-16(33)9-37-25-32-14-4-3-12(8-15(14)38-25)31-23(34)17-18(24(35)36)20(27)22(29)21(28)19(17)26/h3-8H,9H2,1-2H3,(H,30,33)(H,31,34)(H,35,36). The van der Waals surface area contributed by atoms with Crippen molar-refractivity contribution in [1.29, 1.82) is 0 Å². The van der Waals surface area contributed by atoms with Gasteiger partial charge in [-0.2, -0.15) is 0 Å². The van der Waals surface area contributed by atoms with Crippen LogP contribution in [-0.4, -0.2) is 33.6 Å². The molecule has 3 N–H and O–H groups in total. The highest BCUT2D eigenvalue weighted by Gasteiger charge is 2.28. The van der Waals surface area contributed by atoms with E-state index in [1.807, 2.05) is 32.0 Å². The Morgan fingerprint density at radius 2 is 1.50 bits per heavy atom. The van der Waals surface area contributed by atoms with Crippen LogP contribution in [-0.2, 0) is 4.79 Å². The van der Waals surface area contributed by atoms with Crippen LogP contribution in [0.15, 0.2) is 58.6 Å². The Kier molecular flexibility index (Phi) is 9.36. The summed E-state index contributed by atoms with van der Waals surface area (Å²) in [5.74, 6) is -1.77. The fourth-order valence-electron chi connectivity index (χ4n) is 3.65. The van der Waals surface area contributed by atoms with Crippen molar-refractivity contribution in [2.75, 3.05) is 16.4 Å². The highest BCUT2D eigenvalue weighted by molar-refractivity contribution is 9.15. The largest absolute Gasteiger partial charge is 0.478 e. The fraction of sp³-hybridized carbons (Fsp3) is 0.120. The van der Waals surface area contributed by atoms with Gasteiger partial charge < -0.3 is 15.7 Å². The van der Waals surface area contributed by atoms with E-state index in [9.17, 15) is 19.5 Å². The summed E-state index contributed by atoms with van der Waals surface area (Å²) in [7, 11) is 0. The van der Waals surface area contributed by atoms with Gasteiger partial charge in [-0.3, -0.25) is 9.59 Å². The second-order valence-corrected chi connectivity index (χ2v) is 13.6. The number of thioether (sulfide) groups is 1. The number of carboxylic acid groups (broad SMARTS) is 1. The summed E-state index contributed by atoms with van der Waals surface area (Å²) < 4.78 is 3.05. The summed E-state index contributed by atoms with van der Waals surface area (Å²) in [6, 6.07) is 11.1. The van der Waals surface area contributed by atoms with Crippen LogP contribution in [0.4, 0.5) is 11.4 Å². The van der Waals surface area contributed by atoms with Crippen molar-refractivity contribution in [3.05, 3.63) is 76.5 Å². The number of aromatic nitrogens is 1. The second-order valence-electron chi connectivity index (χ2n) is 8.14. The molecule has 1 heterocycles. The summed E-state index contributed by atoms with van der Waals surface area (Å²) in [5.41, 5.74) is 3.92. The molecule has 2 amide bonds. The van der Waals surface area contributed by atoms with E-state index in [4.69, 9.17) is 0 Å². The summed E-state index contributed by atoms with van der Waals surface area (Å²) in [5, 5.41) is 15.4. The normalized spacial score (nSPS) is 11.0. The number of fused-ring (bicyclic) bond motifs is 1. The van der Waals surface area contributed by atoms with E-state index >= 15 is 0 Å². The Bertz CT molecular complexity index is 1600. The molecule has 0 atom stereocenters. The SMILES string of the molecule is Cc1cc(C)cc(NC(=O)CSc2nc3ccc(NC(=O)c4c(Br)c(Br)c(Br)c(Br)c4C(=O)O)cc3s2)c1. The topological polar surface area (TPSA) is 108 Å². The van der Waals surface area contributed by atoms with Crippen molar-refractivity contribution in [3.63, 3.8) is 0 Å². The molecule has 1 aromatic heterocycles. The summed E-state index contributed by atoms with van der Waals surface area (Å²) in [6.45, 7) is 3.96. The molecule has 0 unspecified atom stereocenters. The zero-order chi connectivity index (χ0) is 27.7. The monoisotopic (exact) mass is 803 g/mol. The van der Waals surface area contributed by atoms with Crippen LogP contribution in [0.3, 0.4) is 0 Å². The number of hydrogen-bond donors (Lipinski definition) is 3. The van der Waals surface area contributed by atoms with Crippen LogP contribution in [0.25, 0.3) is 10.2 Å². The van der Waals surface area contributed by atoms with Crippen LogP contribution in [0.1, 0.15) is 31.8 Å². The molecule has 0 aliphatic rings. The molecule has 0 radical (unpaired) electrons. The first-order valence-corrected chi connectivity index (χ1v) is 15.7. The quantitative estimate of drug-likeness (QED) is 0.0981. The van der Waals surface area contributed by atoms with E-state index in [1.165, 1.54) is 23.1 Å². The molecule has 7 nitrogen and oxygen atoms in total. The Hall–Kier alpha value is -1.77. The fourth-order valence-corrected chi connectivity index (χ4v) is 8.03. The van der Waals surface area contributed by atoms with Crippen molar-refractivity contribution >= 4 is 126 Å². The second kappa shape index (κ2) is 12.2. The number of carbonyl (C=O) groups excluding carboxylic acids is 2. The number of nitrogens with zero attached hydrogens (tertiary/aromatic N) is 1. The van der Waals surface area contributed by atoms with Crippen LogP contribution in [0.2, 0.25) is 0 Å². The summed E-state index contributed by atoms with van der Waals surface area (Å²) in [4.78, 5) is 42.1. The molecule has 4 aromatic rings. The number of hydrogen-bond acceptors (Lipinski definition) is 6. The van der Waals surface area contributed by atoms with E-state index in [2.05, 4.69) is 79.3 Å². The minimum absolute atomic E-state index is 0.0325. The number of anilines is 2. The predicted molar refractivity (Wildman–Crippen MR) is 167 cm³/mol. The third kappa shape index (κ3) is 6.50. The van der Waals surface area contributed by atoms with E-state index in [0.717, 1.165) is 31.4 Å². The lowest BCUT2D eigenvalue weighted by molar-refractivity contribution is -0.113. The van der Waals surface area contributed by atoms with Gasteiger partial charge in [-0.15, -0.1) is 11.3 Å². The maximum Gasteiger partial charge on any atom is 0.337 e. The number of carboxylic acids is 1. The van der Waals surface area contributed by atoms with Gasteiger partial charge in [-0.25, -0.2) is 9.78 Å². The minimum atomic E-state index is -1.25. The molecule has 3 aromatic carbocycles. The van der Waals surface area contributed by atoms with Crippen LogP contribution >= 0.6 is 86.8 Å². The van der Waals surface area contributed by atoms with Gasteiger partial charge in [-0.1, -0.05) is 17.8 Å². The minimum Gasteiger partial charge on any atom is -0.478 e. The van der Waals surface area contributed by atoms with Crippen molar-refractivity contribution in [2.45, 2.75) is 18.2 Å². The first-order valence-electron chi connectivity index (χ1n) is 10.8. The molecule has 13 heteroatoms. The van der Waals surface area contributed by atoms with Gasteiger partial charge in [0.2, 0.25) is 5.91 Å². The number of thiazole rings is 1. The third-order valence-electron chi connectivity index (χ3n) is 5.17. The van der Waals surface area contributed by atoms with Crippen molar-refractivity contribution in [3.8, 4) is 0 Å². The molecular formula is C25H17Br4N3O4S2. The smallest absolute Gasteiger partial charge is 0.337 e. The maximum absolute atomic E-state index is 13.2. The molecule has 0 aliphatic heterocycles. The van der Waals surface area contributed by atoms with Gasteiger partial charge in [0.05, 0.1) is 27.1 Å². The lowest BCUT2D eigenvalue weighted by Crippen LogP contribution is -2.18. The van der Waals surface area contributed by atoms with Gasteiger partial charge >= 0.3 is 5.97 Å². The molecule has 0 saturated heterocycles. The molecule has 0 aliphatic carbocycles. The number of rotatable bonds is 7. The molecule has 0 spiro atoms. The zero-order valence-electron chi connectivity index (χ0n) is 19.6. The number of aromatic carboxylic acids is 1. The van der Waals surface area contributed by atoms with Gasteiger partial charge in [0.15, 0.2) is 4.34 Å². The van der Waals surface area contributed by atoms with Gasteiger partial charge in [-0.05, 0) is 119 Å². The Morgan fingerprint density at radius 1 is 0.868 bits per heavy atom. The number of carbonyl (C=O) groups is 3. The van der Waals surface area contributed by atoms with E-state index < -0.39 is 11.9 Å². The lowest BCUT2D eigenvalue weighted by Gasteiger charge is -2.14.